The maximum Gasteiger partial charge on any atom is 0.315 e. The largest absolute Gasteiger partial charge is 0.457 e. The van der Waals surface area contributed by atoms with Crippen molar-refractivity contribution in [2.75, 3.05) is 14.1 Å². The molecule has 0 aliphatic heterocycles. The number of hydrogen-bond donors (Lipinski definition) is 2. The summed E-state index contributed by atoms with van der Waals surface area (Å²) in [6.45, 7) is 0.524. The average molecular weight is 601 g/mol. The van der Waals surface area contributed by atoms with E-state index in [0.29, 0.717) is 33.7 Å². The number of urea groups is 1. The number of rotatable bonds is 9. The molecule has 186 valence electrons. The second kappa shape index (κ2) is 12.1. The Bertz CT molecular complexity index is 1300. The van der Waals surface area contributed by atoms with Crippen LogP contribution in [0.15, 0.2) is 65.1 Å². The second-order valence-corrected chi connectivity index (χ2v) is 11.7. The summed E-state index contributed by atoms with van der Waals surface area (Å²) in [5.74, 6) is 1.000. The van der Waals surface area contributed by atoms with Crippen molar-refractivity contribution in [3.63, 3.8) is 0 Å². The van der Waals surface area contributed by atoms with Gasteiger partial charge in [-0.3, -0.25) is 0 Å². The monoisotopic (exact) mass is 599 g/mol. The van der Waals surface area contributed by atoms with Crippen molar-refractivity contribution >= 4 is 55.2 Å². The molecule has 3 rings (SSSR count). The Kier molecular flexibility index (Phi) is 9.43. The van der Waals surface area contributed by atoms with Crippen LogP contribution < -0.4 is 15.4 Å². The first-order chi connectivity index (χ1) is 16.5. The Morgan fingerprint density at radius 3 is 2.23 bits per heavy atom. The first-order valence-electron chi connectivity index (χ1n) is 10.4. The SMILES string of the molecule is CN(C)S(=O)(=O)Cc1ccc(CNC(=O)NCc2ccc(Br)cc2Oc2ccc(Cl)c(Cl)c2)cc1. The van der Waals surface area contributed by atoms with Gasteiger partial charge in [-0.1, -0.05) is 69.5 Å². The number of nitrogens with one attached hydrogen (secondary N) is 2. The van der Waals surface area contributed by atoms with Crippen molar-refractivity contribution in [1.29, 1.82) is 0 Å². The van der Waals surface area contributed by atoms with Crippen molar-refractivity contribution in [3.8, 4) is 11.5 Å². The predicted molar refractivity (Wildman–Crippen MR) is 143 cm³/mol. The Labute approximate surface area is 223 Å². The molecule has 0 atom stereocenters. The van der Waals surface area contributed by atoms with Gasteiger partial charge in [-0.2, -0.15) is 0 Å². The third-order valence-corrected chi connectivity index (χ3v) is 8.01. The molecule has 7 nitrogen and oxygen atoms in total. The van der Waals surface area contributed by atoms with Gasteiger partial charge in [0.2, 0.25) is 10.0 Å². The van der Waals surface area contributed by atoms with Gasteiger partial charge in [-0.25, -0.2) is 17.5 Å². The van der Waals surface area contributed by atoms with E-state index in [0.717, 1.165) is 15.6 Å². The molecule has 3 aromatic rings. The lowest BCUT2D eigenvalue weighted by molar-refractivity contribution is 0.240. The molecular formula is C24H24BrCl2N3O4S. The van der Waals surface area contributed by atoms with Crippen LogP contribution in [0.25, 0.3) is 0 Å². The highest BCUT2D eigenvalue weighted by molar-refractivity contribution is 9.10. The smallest absolute Gasteiger partial charge is 0.315 e. The van der Waals surface area contributed by atoms with E-state index >= 15 is 0 Å². The van der Waals surface area contributed by atoms with Crippen molar-refractivity contribution < 1.29 is 17.9 Å². The van der Waals surface area contributed by atoms with Crippen molar-refractivity contribution in [1.82, 2.24) is 14.9 Å². The van der Waals surface area contributed by atoms with Gasteiger partial charge in [-0.05, 0) is 35.4 Å². The van der Waals surface area contributed by atoms with E-state index in [1.54, 1.807) is 48.5 Å². The molecule has 0 aliphatic carbocycles. The number of carbonyl (C=O) groups excluding carboxylic acids is 1. The zero-order chi connectivity index (χ0) is 25.6. The van der Waals surface area contributed by atoms with E-state index < -0.39 is 10.0 Å². The second-order valence-electron chi connectivity index (χ2n) is 7.82. The van der Waals surface area contributed by atoms with Crippen LogP contribution in [-0.4, -0.2) is 32.8 Å². The van der Waals surface area contributed by atoms with E-state index in [9.17, 15) is 13.2 Å². The van der Waals surface area contributed by atoms with Crippen molar-refractivity contribution in [2.24, 2.45) is 0 Å². The number of hydrogen-bond acceptors (Lipinski definition) is 4. The molecule has 2 N–H and O–H groups in total. The molecule has 0 aliphatic rings. The molecule has 11 heteroatoms. The Balaban J connectivity index is 1.55. The van der Waals surface area contributed by atoms with Gasteiger partial charge in [0.25, 0.3) is 0 Å². The standard InChI is InChI=1S/C24H24BrCl2N3O4S/c1-30(2)35(32,33)15-17-5-3-16(4-6-17)13-28-24(31)29-14-18-7-8-19(25)11-23(18)34-20-9-10-21(26)22(27)12-20/h3-12H,13-15H2,1-2H3,(H2,28,29,31). The number of sulfonamides is 1. The number of carbonyl (C=O) groups is 1. The summed E-state index contributed by atoms with van der Waals surface area (Å²) in [4.78, 5) is 12.3. The number of amides is 2. The molecular weight excluding hydrogens is 577 g/mol. The number of ether oxygens (including phenoxy) is 1. The fraction of sp³-hybridized carbons (Fsp3) is 0.208. The molecule has 0 saturated heterocycles. The molecule has 0 aromatic heterocycles. The number of nitrogens with zero attached hydrogens (tertiary/aromatic N) is 1. The Morgan fingerprint density at radius 1 is 0.914 bits per heavy atom. The molecule has 35 heavy (non-hydrogen) atoms. The number of benzene rings is 3. The molecule has 3 aromatic carbocycles. The number of halogens is 3. The molecule has 0 fully saturated rings. The fourth-order valence-electron chi connectivity index (χ4n) is 2.95. The van der Waals surface area contributed by atoms with Crippen LogP contribution in [-0.2, 0) is 28.9 Å². The predicted octanol–water partition coefficient (Wildman–Crippen LogP) is 5.94. The molecule has 0 spiro atoms. The maximum atomic E-state index is 12.3. The molecule has 0 bridgehead atoms. The van der Waals surface area contributed by atoms with Crippen LogP contribution in [0.5, 0.6) is 11.5 Å². The van der Waals surface area contributed by atoms with Crippen LogP contribution in [0, 0.1) is 0 Å². The molecule has 0 heterocycles. The highest BCUT2D eigenvalue weighted by Gasteiger charge is 2.14. The highest BCUT2D eigenvalue weighted by atomic mass is 79.9. The lowest BCUT2D eigenvalue weighted by Gasteiger charge is -2.14. The topological polar surface area (TPSA) is 87.7 Å². The van der Waals surface area contributed by atoms with Gasteiger partial charge in [0.1, 0.15) is 11.5 Å². The minimum Gasteiger partial charge on any atom is -0.457 e. The zero-order valence-corrected chi connectivity index (χ0v) is 22.9. The van der Waals surface area contributed by atoms with Gasteiger partial charge in [0.05, 0.1) is 15.8 Å². The van der Waals surface area contributed by atoms with Gasteiger partial charge in [-0.15, -0.1) is 0 Å². The van der Waals surface area contributed by atoms with Crippen LogP contribution in [0.1, 0.15) is 16.7 Å². The normalized spacial score (nSPS) is 11.4. The van der Waals surface area contributed by atoms with Gasteiger partial charge < -0.3 is 15.4 Å². The lowest BCUT2D eigenvalue weighted by Crippen LogP contribution is -2.34. The van der Waals surface area contributed by atoms with Gasteiger partial charge >= 0.3 is 6.03 Å². The average Bonchev–Trinajstić information content (AvgIpc) is 2.80. The highest BCUT2D eigenvalue weighted by Crippen LogP contribution is 2.32. The van der Waals surface area contributed by atoms with E-state index in [1.165, 1.54) is 18.4 Å². The summed E-state index contributed by atoms with van der Waals surface area (Å²) >= 11 is 15.5. The fourth-order valence-corrected chi connectivity index (χ4v) is 4.45. The molecule has 0 unspecified atom stereocenters. The Morgan fingerprint density at radius 2 is 1.57 bits per heavy atom. The lowest BCUT2D eigenvalue weighted by atomic mass is 10.1. The van der Waals surface area contributed by atoms with E-state index in [1.807, 2.05) is 12.1 Å². The van der Waals surface area contributed by atoms with Crippen LogP contribution >= 0.6 is 39.1 Å². The minimum atomic E-state index is -3.33. The maximum absolute atomic E-state index is 12.3. The summed E-state index contributed by atoms with van der Waals surface area (Å²) in [6.07, 6.45) is 0. The summed E-state index contributed by atoms with van der Waals surface area (Å²) in [6, 6.07) is 17.2. The summed E-state index contributed by atoms with van der Waals surface area (Å²) in [5.41, 5.74) is 2.29. The van der Waals surface area contributed by atoms with Gasteiger partial charge in [0.15, 0.2) is 0 Å². The first kappa shape index (κ1) is 27.3. The van der Waals surface area contributed by atoms with Crippen LogP contribution in [0.4, 0.5) is 4.79 Å². The minimum absolute atomic E-state index is 0.0754. The first-order valence-corrected chi connectivity index (χ1v) is 13.6. The van der Waals surface area contributed by atoms with E-state index in [4.69, 9.17) is 27.9 Å². The summed E-state index contributed by atoms with van der Waals surface area (Å²) in [7, 11) is -0.320. The quantitative estimate of drug-likeness (QED) is 0.318. The van der Waals surface area contributed by atoms with Crippen molar-refractivity contribution in [2.45, 2.75) is 18.8 Å². The third kappa shape index (κ3) is 8.12. The van der Waals surface area contributed by atoms with Gasteiger partial charge in [0, 0.05) is 43.3 Å². The van der Waals surface area contributed by atoms with E-state index in [-0.39, 0.29) is 18.3 Å². The van der Waals surface area contributed by atoms with E-state index in [2.05, 4.69) is 26.6 Å². The third-order valence-electron chi connectivity index (χ3n) is 4.97. The van der Waals surface area contributed by atoms with Crippen molar-refractivity contribution in [3.05, 3.63) is 91.9 Å². The zero-order valence-electron chi connectivity index (χ0n) is 19.0. The molecule has 0 radical (unpaired) electrons. The summed E-state index contributed by atoms with van der Waals surface area (Å²) < 4.78 is 32.0. The summed E-state index contributed by atoms with van der Waals surface area (Å²) in [5, 5.41) is 6.41. The molecule has 2 amide bonds. The Hall–Kier alpha value is -2.30. The van der Waals surface area contributed by atoms with Crippen LogP contribution in [0.3, 0.4) is 0 Å². The molecule has 0 saturated carbocycles. The van der Waals surface area contributed by atoms with Crippen LogP contribution in [0.2, 0.25) is 10.0 Å².